The SMILES string of the molecule is CC[C@H](C(=O)NCC(C)C)N(Cc1cccc(OC)c1)C(=O)CCCN(c1ccc2c(c1)OCO2)S(C)(=O)=O. The normalized spacial score (nSPS) is 13.2. The molecule has 0 fully saturated rings. The second-order valence-corrected chi connectivity index (χ2v) is 11.8. The molecule has 0 unspecified atom stereocenters. The summed E-state index contributed by atoms with van der Waals surface area (Å²) in [5.74, 6) is 1.51. The Bertz CT molecular complexity index is 1250. The summed E-state index contributed by atoms with van der Waals surface area (Å²) in [4.78, 5) is 28.2. The Hall–Kier alpha value is -3.47. The zero-order valence-corrected chi connectivity index (χ0v) is 24.1. The number of methoxy groups -OCH3 is 1. The van der Waals surface area contributed by atoms with E-state index < -0.39 is 16.1 Å². The average molecular weight is 562 g/mol. The summed E-state index contributed by atoms with van der Waals surface area (Å²) in [7, 11) is -2.05. The molecule has 0 saturated carbocycles. The number of nitrogens with zero attached hydrogens (tertiary/aromatic N) is 2. The number of amides is 2. The van der Waals surface area contributed by atoms with Gasteiger partial charge in [-0.2, -0.15) is 0 Å². The van der Waals surface area contributed by atoms with Crippen LogP contribution in [0.5, 0.6) is 17.2 Å². The first-order valence-electron chi connectivity index (χ1n) is 13.1. The highest BCUT2D eigenvalue weighted by molar-refractivity contribution is 7.92. The molecule has 0 radical (unpaired) electrons. The largest absolute Gasteiger partial charge is 0.497 e. The van der Waals surface area contributed by atoms with Crippen LogP contribution in [0.1, 0.15) is 45.6 Å². The summed E-state index contributed by atoms with van der Waals surface area (Å²) in [5.41, 5.74) is 1.26. The highest BCUT2D eigenvalue weighted by Crippen LogP contribution is 2.36. The highest BCUT2D eigenvalue weighted by Gasteiger charge is 2.29. The molecule has 0 aliphatic carbocycles. The van der Waals surface area contributed by atoms with Gasteiger partial charge in [0.25, 0.3) is 0 Å². The highest BCUT2D eigenvalue weighted by atomic mass is 32.2. The molecule has 1 N–H and O–H groups in total. The molecule has 1 heterocycles. The van der Waals surface area contributed by atoms with Gasteiger partial charge in [-0.15, -0.1) is 0 Å². The number of sulfonamides is 1. The number of hydrogen-bond acceptors (Lipinski definition) is 7. The standard InChI is InChI=1S/C28H39N3O7S/c1-6-24(28(33)29-17-20(2)3)30(18-21-9-7-10-23(15-21)36-4)27(32)11-8-14-31(39(5,34)35)22-12-13-25-26(16-22)38-19-37-25/h7,9-10,12-13,15-16,20,24H,6,8,11,14,17-19H2,1-5H3,(H,29,33)/t24-/m1/s1. The fourth-order valence-electron chi connectivity index (χ4n) is 4.35. The van der Waals surface area contributed by atoms with Crippen LogP contribution >= 0.6 is 0 Å². The van der Waals surface area contributed by atoms with E-state index in [0.29, 0.717) is 35.9 Å². The van der Waals surface area contributed by atoms with E-state index in [-0.39, 0.29) is 50.5 Å². The molecule has 2 aromatic carbocycles. The average Bonchev–Trinajstić information content (AvgIpc) is 3.37. The molecule has 0 bridgehead atoms. The zero-order chi connectivity index (χ0) is 28.6. The van der Waals surface area contributed by atoms with Gasteiger partial charge in [0.1, 0.15) is 11.8 Å². The van der Waals surface area contributed by atoms with Gasteiger partial charge in [0.15, 0.2) is 11.5 Å². The van der Waals surface area contributed by atoms with Crippen molar-refractivity contribution < 1.29 is 32.2 Å². The van der Waals surface area contributed by atoms with Crippen molar-refractivity contribution in [3.05, 3.63) is 48.0 Å². The van der Waals surface area contributed by atoms with Crippen LogP contribution in [0, 0.1) is 5.92 Å². The van der Waals surface area contributed by atoms with Crippen LogP contribution in [0.2, 0.25) is 0 Å². The van der Waals surface area contributed by atoms with Gasteiger partial charge in [-0.1, -0.05) is 32.9 Å². The fraction of sp³-hybridized carbons (Fsp3) is 0.500. The Morgan fingerprint density at radius 2 is 1.85 bits per heavy atom. The van der Waals surface area contributed by atoms with E-state index in [1.807, 2.05) is 45.0 Å². The number of nitrogens with one attached hydrogen (secondary N) is 1. The lowest BCUT2D eigenvalue weighted by Crippen LogP contribution is -2.49. The summed E-state index contributed by atoms with van der Waals surface area (Å²) >= 11 is 0. The fourth-order valence-corrected chi connectivity index (χ4v) is 5.31. The third kappa shape index (κ3) is 8.26. The first kappa shape index (κ1) is 30.1. The predicted molar refractivity (Wildman–Crippen MR) is 149 cm³/mol. The maximum Gasteiger partial charge on any atom is 0.242 e. The van der Waals surface area contributed by atoms with Crippen LogP contribution in [0.15, 0.2) is 42.5 Å². The van der Waals surface area contributed by atoms with Crippen molar-refractivity contribution in [3.8, 4) is 17.2 Å². The molecular weight excluding hydrogens is 522 g/mol. The molecule has 0 saturated heterocycles. The number of benzene rings is 2. The van der Waals surface area contributed by atoms with Gasteiger partial charge in [0.2, 0.25) is 28.6 Å². The Balaban J connectivity index is 1.77. The van der Waals surface area contributed by atoms with E-state index in [9.17, 15) is 18.0 Å². The number of fused-ring (bicyclic) bond motifs is 1. The third-order valence-corrected chi connectivity index (χ3v) is 7.55. The molecule has 1 aliphatic heterocycles. The van der Waals surface area contributed by atoms with Gasteiger partial charge in [-0.3, -0.25) is 13.9 Å². The lowest BCUT2D eigenvalue weighted by atomic mass is 10.1. The molecule has 39 heavy (non-hydrogen) atoms. The van der Waals surface area contributed by atoms with Crippen LogP contribution < -0.4 is 23.8 Å². The Morgan fingerprint density at radius 1 is 1.10 bits per heavy atom. The molecule has 1 aliphatic rings. The number of carbonyl (C=O) groups excluding carboxylic acids is 2. The Labute approximate surface area is 231 Å². The Morgan fingerprint density at radius 3 is 2.51 bits per heavy atom. The van der Waals surface area contributed by atoms with Crippen LogP contribution in [-0.4, -0.2) is 64.4 Å². The van der Waals surface area contributed by atoms with E-state index in [0.717, 1.165) is 11.8 Å². The molecular formula is C28H39N3O7S. The maximum atomic E-state index is 13.6. The van der Waals surface area contributed by atoms with Gasteiger partial charge in [-0.05, 0) is 48.6 Å². The van der Waals surface area contributed by atoms with Gasteiger partial charge in [-0.25, -0.2) is 8.42 Å². The zero-order valence-electron chi connectivity index (χ0n) is 23.3. The molecule has 214 valence electrons. The van der Waals surface area contributed by atoms with Gasteiger partial charge in [0.05, 0.1) is 19.1 Å². The van der Waals surface area contributed by atoms with Crippen molar-refractivity contribution in [2.75, 3.05) is 37.6 Å². The van der Waals surface area contributed by atoms with E-state index in [1.165, 1.54) is 4.31 Å². The second-order valence-electron chi connectivity index (χ2n) is 9.91. The molecule has 11 heteroatoms. The molecule has 10 nitrogen and oxygen atoms in total. The van der Waals surface area contributed by atoms with Crippen LogP contribution in [0.3, 0.4) is 0 Å². The van der Waals surface area contributed by atoms with E-state index in [2.05, 4.69) is 5.32 Å². The third-order valence-electron chi connectivity index (χ3n) is 6.35. The monoisotopic (exact) mass is 561 g/mol. The summed E-state index contributed by atoms with van der Waals surface area (Å²) in [5, 5.41) is 2.95. The molecule has 2 amide bonds. The summed E-state index contributed by atoms with van der Waals surface area (Å²) < 4.78 is 42.5. The number of carbonyl (C=O) groups is 2. The molecule has 2 aromatic rings. The predicted octanol–water partition coefficient (Wildman–Crippen LogP) is 3.55. The van der Waals surface area contributed by atoms with Crippen molar-refractivity contribution in [3.63, 3.8) is 0 Å². The summed E-state index contributed by atoms with van der Waals surface area (Å²) in [6.07, 6.45) is 1.89. The maximum absolute atomic E-state index is 13.6. The van der Waals surface area contributed by atoms with Crippen molar-refractivity contribution in [2.45, 2.75) is 52.6 Å². The minimum absolute atomic E-state index is 0.0640. The number of rotatable bonds is 14. The van der Waals surface area contributed by atoms with Crippen LogP contribution in [0.25, 0.3) is 0 Å². The van der Waals surface area contributed by atoms with Crippen molar-refractivity contribution in [1.82, 2.24) is 10.2 Å². The lowest BCUT2D eigenvalue weighted by Gasteiger charge is -2.31. The number of hydrogen-bond donors (Lipinski definition) is 1. The van der Waals surface area contributed by atoms with E-state index in [1.54, 1.807) is 30.2 Å². The van der Waals surface area contributed by atoms with Gasteiger partial charge >= 0.3 is 0 Å². The van der Waals surface area contributed by atoms with E-state index in [4.69, 9.17) is 14.2 Å². The Kier molecular flexibility index (Phi) is 10.4. The summed E-state index contributed by atoms with van der Waals surface area (Å²) in [6.45, 7) is 6.79. The van der Waals surface area contributed by atoms with Crippen LogP contribution in [-0.2, 0) is 26.2 Å². The van der Waals surface area contributed by atoms with E-state index >= 15 is 0 Å². The topological polar surface area (TPSA) is 114 Å². The second kappa shape index (κ2) is 13.5. The number of anilines is 1. The first-order valence-corrected chi connectivity index (χ1v) is 15.0. The molecule has 0 spiro atoms. The molecule has 0 aromatic heterocycles. The summed E-state index contributed by atoms with van der Waals surface area (Å²) in [6, 6.07) is 11.6. The lowest BCUT2D eigenvalue weighted by molar-refractivity contribution is -0.141. The van der Waals surface area contributed by atoms with Gasteiger partial charge in [0, 0.05) is 32.1 Å². The van der Waals surface area contributed by atoms with Crippen LogP contribution in [0.4, 0.5) is 5.69 Å². The first-order chi connectivity index (χ1) is 18.5. The quantitative estimate of drug-likeness (QED) is 0.375. The minimum Gasteiger partial charge on any atom is -0.497 e. The smallest absolute Gasteiger partial charge is 0.242 e. The van der Waals surface area contributed by atoms with Crippen molar-refractivity contribution >= 4 is 27.5 Å². The molecule has 1 atom stereocenters. The van der Waals surface area contributed by atoms with Crippen molar-refractivity contribution in [2.24, 2.45) is 5.92 Å². The van der Waals surface area contributed by atoms with Crippen molar-refractivity contribution in [1.29, 1.82) is 0 Å². The number of ether oxygens (including phenoxy) is 3. The molecule has 3 rings (SSSR count). The minimum atomic E-state index is -3.63. The van der Waals surface area contributed by atoms with Gasteiger partial charge < -0.3 is 24.4 Å².